The number of unbranched alkanes of at least 4 members (excludes halogenated alkanes) is 1. The molecule has 1 aromatic carbocycles. The van der Waals surface area contributed by atoms with E-state index >= 15 is 0 Å². The number of nitro benzene ring substituents is 1. The molecule has 0 radical (unpaired) electrons. The Bertz CT molecular complexity index is 366. The van der Waals surface area contributed by atoms with Crippen LogP contribution in [0, 0.1) is 17.0 Å². The lowest BCUT2D eigenvalue weighted by molar-refractivity contribution is -0.384. The number of rotatable bonds is 6. The number of nitrogens with zero attached hydrogens (tertiary/aromatic N) is 1. The minimum atomic E-state index is -0.395. The predicted molar refractivity (Wildman–Crippen MR) is 62.6 cm³/mol. The summed E-state index contributed by atoms with van der Waals surface area (Å²) in [6.45, 7) is 2.67. The summed E-state index contributed by atoms with van der Waals surface area (Å²) < 4.78 is 0. The van der Waals surface area contributed by atoms with Crippen molar-refractivity contribution in [3.05, 3.63) is 33.9 Å². The van der Waals surface area contributed by atoms with E-state index in [0.717, 1.165) is 12.0 Å². The molecule has 88 valence electrons. The summed E-state index contributed by atoms with van der Waals surface area (Å²) in [5.74, 6) is 0. The zero-order valence-electron chi connectivity index (χ0n) is 9.27. The first kappa shape index (κ1) is 12.4. The van der Waals surface area contributed by atoms with Gasteiger partial charge < -0.3 is 10.4 Å². The van der Waals surface area contributed by atoms with Crippen molar-refractivity contribution in [3.8, 4) is 0 Å². The van der Waals surface area contributed by atoms with Gasteiger partial charge in [-0.25, -0.2) is 0 Å². The fourth-order valence-corrected chi connectivity index (χ4v) is 1.41. The van der Waals surface area contributed by atoms with Gasteiger partial charge in [0.1, 0.15) is 5.69 Å². The van der Waals surface area contributed by atoms with Crippen LogP contribution < -0.4 is 5.32 Å². The Morgan fingerprint density at radius 3 is 2.81 bits per heavy atom. The number of hydrogen-bond donors (Lipinski definition) is 2. The van der Waals surface area contributed by atoms with Crippen LogP contribution in [0.4, 0.5) is 11.4 Å². The lowest BCUT2D eigenvalue weighted by atomic mass is 10.2. The Kier molecular flexibility index (Phi) is 4.72. The molecule has 0 amide bonds. The zero-order valence-corrected chi connectivity index (χ0v) is 9.27. The summed E-state index contributed by atoms with van der Waals surface area (Å²) in [7, 11) is 0. The summed E-state index contributed by atoms with van der Waals surface area (Å²) in [6.07, 6.45) is 1.49. The molecule has 5 heteroatoms. The second-order valence-corrected chi connectivity index (χ2v) is 3.64. The highest BCUT2D eigenvalue weighted by Crippen LogP contribution is 2.25. The first-order valence-electron chi connectivity index (χ1n) is 5.25. The Morgan fingerprint density at radius 1 is 1.44 bits per heavy atom. The van der Waals surface area contributed by atoms with E-state index in [9.17, 15) is 10.1 Å². The van der Waals surface area contributed by atoms with Gasteiger partial charge in [0.25, 0.3) is 5.69 Å². The number of aliphatic hydroxyl groups is 1. The molecule has 0 aliphatic carbocycles. The molecule has 0 fully saturated rings. The molecule has 0 unspecified atom stereocenters. The van der Waals surface area contributed by atoms with Crippen molar-refractivity contribution in [1.82, 2.24) is 0 Å². The molecule has 0 aliphatic heterocycles. The van der Waals surface area contributed by atoms with Crippen LogP contribution in [0.1, 0.15) is 18.4 Å². The first-order valence-corrected chi connectivity index (χ1v) is 5.25. The molecule has 0 aliphatic rings. The van der Waals surface area contributed by atoms with E-state index < -0.39 is 4.92 Å². The van der Waals surface area contributed by atoms with Gasteiger partial charge >= 0.3 is 0 Å². The number of benzene rings is 1. The number of anilines is 1. The average Bonchev–Trinajstić information content (AvgIpc) is 2.24. The summed E-state index contributed by atoms with van der Waals surface area (Å²) in [5.41, 5.74) is 1.62. The lowest BCUT2D eigenvalue weighted by Crippen LogP contribution is -2.05. The predicted octanol–water partition coefficient (Wildman–Crippen LogP) is 2.09. The third kappa shape index (κ3) is 3.51. The molecule has 1 rings (SSSR count). The SMILES string of the molecule is Cc1ccc([N+](=O)[O-])c(NCCCCO)c1. The average molecular weight is 224 g/mol. The Labute approximate surface area is 94.3 Å². The first-order chi connectivity index (χ1) is 7.65. The largest absolute Gasteiger partial charge is 0.396 e. The van der Waals surface area contributed by atoms with Crippen LogP contribution in [0.2, 0.25) is 0 Å². The molecule has 0 bridgehead atoms. The fourth-order valence-electron chi connectivity index (χ4n) is 1.41. The molecule has 0 atom stereocenters. The molecule has 0 spiro atoms. The quantitative estimate of drug-likeness (QED) is 0.440. The maximum Gasteiger partial charge on any atom is 0.292 e. The van der Waals surface area contributed by atoms with Crippen molar-refractivity contribution in [2.24, 2.45) is 0 Å². The molecular formula is C11H16N2O3. The van der Waals surface area contributed by atoms with E-state index in [4.69, 9.17) is 5.11 Å². The molecule has 0 heterocycles. The van der Waals surface area contributed by atoms with E-state index in [-0.39, 0.29) is 12.3 Å². The monoisotopic (exact) mass is 224 g/mol. The van der Waals surface area contributed by atoms with E-state index in [1.165, 1.54) is 6.07 Å². The number of aliphatic hydroxyl groups excluding tert-OH is 1. The molecular weight excluding hydrogens is 208 g/mol. The Hall–Kier alpha value is -1.62. The van der Waals surface area contributed by atoms with Gasteiger partial charge in [-0.15, -0.1) is 0 Å². The van der Waals surface area contributed by atoms with Gasteiger partial charge in [0.15, 0.2) is 0 Å². The maximum absolute atomic E-state index is 10.7. The van der Waals surface area contributed by atoms with Crippen LogP contribution in [0.15, 0.2) is 18.2 Å². The molecule has 1 aromatic rings. The smallest absolute Gasteiger partial charge is 0.292 e. The fraction of sp³-hybridized carbons (Fsp3) is 0.455. The van der Waals surface area contributed by atoms with E-state index in [1.807, 2.05) is 6.92 Å². The molecule has 0 saturated carbocycles. The molecule has 16 heavy (non-hydrogen) atoms. The standard InChI is InChI=1S/C11H16N2O3/c1-9-4-5-11(13(15)16)10(8-9)12-6-2-3-7-14/h4-5,8,12,14H,2-3,6-7H2,1H3. The highest BCUT2D eigenvalue weighted by atomic mass is 16.6. The third-order valence-corrected chi connectivity index (χ3v) is 2.25. The van der Waals surface area contributed by atoms with Crippen molar-refractivity contribution in [2.75, 3.05) is 18.5 Å². The van der Waals surface area contributed by atoms with Gasteiger partial charge in [-0.05, 0) is 31.4 Å². The second kappa shape index (κ2) is 6.07. The lowest BCUT2D eigenvalue weighted by Gasteiger charge is -2.07. The Morgan fingerprint density at radius 2 is 2.19 bits per heavy atom. The molecule has 5 nitrogen and oxygen atoms in total. The number of hydrogen-bond acceptors (Lipinski definition) is 4. The summed E-state index contributed by atoms with van der Waals surface area (Å²) in [5, 5.41) is 22.4. The van der Waals surface area contributed by atoms with Crippen molar-refractivity contribution < 1.29 is 10.0 Å². The van der Waals surface area contributed by atoms with E-state index in [1.54, 1.807) is 12.1 Å². The van der Waals surface area contributed by atoms with Gasteiger partial charge in [-0.2, -0.15) is 0 Å². The van der Waals surface area contributed by atoms with Gasteiger partial charge in [-0.3, -0.25) is 10.1 Å². The van der Waals surface area contributed by atoms with Crippen LogP contribution in [0.25, 0.3) is 0 Å². The Balaban J connectivity index is 2.68. The molecule has 0 saturated heterocycles. The van der Waals surface area contributed by atoms with E-state index in [2.05, 4.69) is 5.32 Å². The third-order valence-electron chi connectivity index (χ3n) is 2.25. The van der Waals surface area contributed by atoms with Crippen molar-refractivity contribution in [2.45, 2.75) is 19.8 Å². The number of nitrogens with one attached hydrogen (secondary N) is 1. The summed E-state index contributed by atoms with van der Waals surface area (Å²) in [4.78, 5) is 10.4. The van der Waals surface area contributed by atoms with Crippen LogP contribution in [-0.2, 0) is 0 Å². The minimum Gasteiger partial charge on any atom is -0.396 e. The van der Waals surface area contributed by atoms with Crippen molar-refractivity contribution in [3.63, 3.8) is 0 Å². The van der Waals surface area contributed by atoms with Gasteiger partial charge in [0, 0.05) is 19.2 Å². The minimum absolute atomic E-state index is 0.0922. The second-order valence-electron chi connectivity index (χ2n) is 3.64. The maximum atomic E-state index is 10.7. The molecule has 2 N–H and O–H groups in total. The molecule has 0 aromatic heterocycles. The summed E-state index contributed by atoms with van der Waals surface area (Å²) >= 11 is 0. The number of nitro groups is 1. The van der Waals surface area contributed by atoms with Crippen molar-refractivity contribution >= 4 is 11.4 Å². The van der Waals surface area contributed by atoms with E-state index in [0.29, 0.717) is 18.7 Å². The topological polar surface area (TPSA) is 75.4 Å². The van der Waals surface area contributed by atoms with Crippen LogP contribution in [-0.4, -0.2) is 23.2 Å². The van der Waals surface area contributed by atoms with Crippen LogP contribution in [0.5, 0.6) is 0 Å². The zero-order chi connectivity index (χ0) is 12.0. The van der Waals surface area contributed by atoms with Gasteiger partial charge in [-0.1, -0.05) is 6.07 Å². The highest BCUT2D eigenvalue weighted by Gasteiger charge is 2.12. The van der Waals surface area contributed by atoms with Crippen LogP contribution in [0.3, 0.4) is 0 Å². The highest BCUT2D eigenvalue weighted by molar-refractivity contribution is 5.62. The normalized spacial score (nSPS) is 10.1. The summed E-state index contributed by atoms with van der Waals surface area (Å²) in [6, 6.07) is 4.98. The van der Waals surface area contributed by atoms with Gasteiger partial charge in [0.05, 0.1) is 4.92 Å². The van der Waals surface area contributed by atoms with Gasteiger partial charge in [0.2, 0.25) is 0 Å². The number of aryl methyl sites for hydroxylation is 1. The van der Waals surface area contributed by atoms with Crippen molar-refractivity contribution in [1.29, 1.82) is 0 Å². The van der Waals surface area contributed by atoms with Crippen LogP contribution >= 0.6 is 0 Å².